The van der Waals surface area contributed by atoms with E-state index in [-0.39, 0.29) is 18.3 Å². The Morgan fingerprint density at radius 2 is 1.66 bits per heavy atom. The molecule has 35 heavy (non-hydrogen) atoms. The van der Waals surface area contributed by atoms with Crippen molar-refractivity contribution < 1.29 is 14.3 Å². The number of halogens is 1. The van der Waals surface area contributed by atoms with Gasteiger partial charge in [0.15, 0.2) is 5.13 Å². The first-order valence-electron chi connectivity index (χ1n) is 11.7. The molecule has 0 N–H and O–H groups in total. The van der Waals surface area contributed by atoms with Gasteiger partial charge in [-0.05, 0) is 55.1 Å². The molecule has 1 aromatic heterocycles. The summed E-state index contributed by atoms with van der Waals surface area (Å²) in [6, 6.07) is 17.7. The second-order valence-electron chi connectivity index (χ2n) is 7.92. The van der Waals surface area contributed by atoms with Crippen molar-refractivity contribution in [2.24, 2.45) is 0 Å². The van der Waals surface area contributed by atoms with Gasteiger partial charge in [0.1, 0.15) is 17.0 Å². The summed E-state index contributed by atoms with van der Waals surface area (Å²) in [7, 11) is 1.60. The van der Waals surface area contributed by atoms with Gasteiger partial charge in [-0.3, -0.25) is 9.69 Å². The van der Waals surface area contributed by atoms with Crippen molar-refractivity contribution in [1.82, 2.24) is 9.88 Å². The number of hydrogen-bond donors (Lipinski definition) is 0. The normalized spacial score (nSPS) is 11.0. The van der Waals surface area contributed by atoms with Crippen LogP contribution >= 0.6 is 23.7 Å². The highest BCUT2D eigenvalue weighted by atomic mass is 35.5. The average Bonchev–Trinajstić information content (AvgIpc) is 3.30. The lowest BCUT2D eigenvalue weighted by Crippen LogP contribution is -2.39. The van der Waals surface area contributed by atoms with Crippen molar-refractivity contribution in [2.75, 3.05) is 44.8 Å². The van der Waals surface area contributed by atoms with E-state index in [1.165, 1.54) is 11.3 Å². The van der Waals surface area contributed by atoms with Crippen LogP contribution < -0.4 is 14.4 Å². The van der Waals surface area contributed by atoms with Crippen LogP contribution in [0.5, 0.6) is 11.5 Å². The first kappa shape index (κ1) is 26.7. The predicted octanol–water partition coefficient (Wildman–Crippen LogP) is 6.27. The van der Waals surface area contributed by atoms with E-state index in [2.05, 4.69) is 18.7 Å². The highest BCUT2D eigenvalue weighted by molar-refractivity contribution is 7.22. The molecule has 3 aromatic carbocycles. The van der Waals surface area contributed by atoms with Crippen molar-refractivity contribution in [2.45, 2.75) is 20.8 Å². The van der Waals surface area contributed by atoms with Gasteiger partial charge in [-0.1, -0.05) is 55.5 Å². The fourth-order valence-electron chi connectivity index (χ4n) is 4.07. The molecule has 0 saturated carbocycles. The van der Waals surface area contributed by atoms with Crippen LogP contribution in [0.1, 0.15) is 31.1 Å². The number of amides is 1. The minimum atomic E-state index is -0.119. The Hall–Kier alpha value is -2.87. The maximum atomic E-state index is 14.0. The Kier molecular flexibility index (Phi) is 9.32. The Balaban J connectivity index is 0.00000342. The van der Waals surface area contributed by atoms with Crippen LogP contribution in [0.25, 0.3) is 21.0 Å². The van der Waals surface area contributed by atoms with Crippen LogP contribution in [-0.2, 0) is 0 Å². The number of carbonyl (C=O) groups is 1. The third-order valence-electron chi connectivity index (χ3n) is 5.98. The third kappa shape index (κ3) is 5.69. The molecular formula is C27H32ClN3O3S. The molecule has 0 atom stereocenters. The molecule has 0 aliphatic carbocycles. The topological polar surface area (TPSA) is 54.9 Å². The maximum Gasteiger partial charge on any atom is 0.263 e. The standard InChI is InChI=1S/C27H31N3O3S.ClH/c1-5-29(6-2)15-16-30(27-28-25-22(33-7-3)13-10-14-24(25)34-27)26(31)21-17-19-11-8-9-12-20(19)18-23(21)32-4;/h8-14,17-18H,5-7,15-16H2,1-4H3;1H. The fraction of sp³-hybridized carbons (Fsp3) is 0.333. The number of hydrogen-bond acceptors (Lipinski definition) is 6. The molecule has 0 bridgehead atoms. The minimum absolute atomic E-state index is 0. The number of carbonyl (C=O) groups excluding carboxylic acids is 1. The zero-order valence-electron chi connectivity index (χ0n) is 20.6. The van der Waals surface area contributed by atoms with E-state index in [9.17, 15) is 4.79 Å². The van der Waals surface area contributed by atoms with E-state index in [0.717, 1.165) is 46.4 Å². The summed E-state index contributed by atoms with van der Waals surface area (Å²) in [5, 5.41) is 2.69. The number of thiazole rings is 1. The first-order valence-corrected chi connectivity index (χ1v) is 12.5. The summed E-state index contributed by atoms with van der Waals surface area (Å²) in [5.41, 5.74) is 1.32. The molecule has 0 saturated heterocycles. The van der Waals surface area contributed by atoms with Gasteiger partial charge in [0.2, 0.25) is 0 Å². The number of ether oxygens (including phenoxy) is 2. The van der Waals surface area contributed by atoms with Gasteiger partial charge in [0, 0.05) is 13.1 Å². The number of fused-ring (bicyclic) bond motifs is 2. The van der Waals surface area contributed by atoms with Gasteiger partial charge in [0.25, 0.3) is 5.91 Å². The second-order valence-corrected chi connectivity index (χ2v) is 8.92. The van der Waals surface area contributed by atoms with Crippen LogP contribution in [0.2, 0.25) is 0 Å². The average molecular weight is 514 g/mol. The zero-order chi connectivity index (χ0) is 24.1. The summed E-state index contributed by atoms with van der Waals surface area (Å²) < 4.78 is 12.4. The summed E-state index contributed by atoms with van der Waals surface area (Å²) in [5.74, 6) is 1.18. The molecule has 1 amide bonds. The van der Waals surface area contributed by atoms with Crippen LogP contribution in [0.3, 0.4) is 0 Å². The molecule has 0 fully saturated rings. The molecule has 0 aliphatic heterocycles. The SMILES string of the molecule is CCOc1cccc2sc(N(CCN(CC)CC)C(=O)c3cc4ccccc4cc3OC)nc12.Cl. The van der Waals surface area contributed by atoms with Gasteiger partial charge < -0.3 is 14.4 Å². The number of rotatable bonds is 10. The summed E-state index contributed by atoms with van der Waals surface area (Å²) in [4.78, 5) is 23.0. The smallest absolute Gasteiger partial charge is 0.263 e. The molecule has 0 spiro atoms. The molecular weight excluding hydrogens is 482 g/mol. The van der Waals surface area contributed by atoms with Gasteiger partial charge in [-0.15, -0.1) is 12.4 Å². The van der Waals surface area contributed by atoms with Crippen LogP contribution in [-0.4, -0.2) is 55.7 Å². The lowest BCUT2D eigenvalue weighted by Gasteiger charge is -2.25. The van der Waals surface area contributed by atoms with E-state index in [1.807, 2.05) is 61.5 Å². The highest BCUT2D eigenvalue weighted by Crippen LogP contribution is 2.36. The van der Waals surface area contributed by atoms with E-state index in [0.29, 0.717) is 29.6 Å². The molecule has 1 heterocycles. The van der Waals surface area contributed by atoms with Crippen molar-refractivity contribution >= 4 is 55.8 Å². The van der Waals surface area contributed by atoms with E-state index in [4.69, 9.17) is 14.5 Å². The molecule has 0 aliphatic rings. The molecule has 4 aromatic rings. The van der Waals surface area contributed by atoms with Crippen molar-refractivity contribution in [1.29, 1.82) is 0 Å². The van der Waals surface area contributed by atoms with Crippen molar-refractivity contribution in [3.05, 3.63) is 60.2 Å². The zero-order valence-corrected chi connectivity index (χ0v) is 22.2. The molecule has 0 radical (unpaired) electrons. The van der Waals surface area contributed by atoms with E-state index < -0.39 is 0 Å². The summed E-state index contributed by atoms with van der Waals surface area (Å²) in [6.07, 6.45) is 0. The first-order chi connectivity index (χ1) is 16.6. The monoisotopic (exact) mass is 513 g/mol. The number of likely N-dealkylation sites (N-methyl/N-ethyl adjacent to an activating group) is 1. The minimum Gasteiger partial charge on any atom is -0.496 e. The number of benzene rings is 3. The van der Waals surface area contributed by atoms with Crippen molar-refractivity contribution in [3.8, 4) is 11.5 Å². The Labute approximate surface area is 216 Å². The number of nitrogens with zero attached hydrogens (tertiary/aromatic N) is 3. The van der Waals surface area contributed by atoms with E-state index in [1.54, 1.807) is 12.0 Å². The molecule has 4 rings (SSSR count). The second kappa shape index (κ2) is 12.2. The van der Waals surface area contributed by atoms with Gasteiger partial charge in [-0.2, -0.15) is 0 Å². The van der Waals surface area contributed by atoms with Crippen molar-refractivity contribution in [3.63, 3.8) is 0 Å². The predicted molar refractivity (Wildman–Crippen MR) is 148 cm³/mol. The van der Waals surface area contributed by atoms with Gasteiger partial charge in [-0.25, -0.2) is 4.98 Å². The number of para-hydroxylation sites is 1. The van der Waals surface area contributed by atoms with Gasteiger partial charge >= 0.3 is 0 Å². The Morgan fingerprint density at radius 1 is 0.943 bits per heavy atom. The third-order valence-corrected chi connectivity index (χ3v) is 7.02. The lowest BCUT2D eigenvalue weighted by molar-refractivity contribution is 0.0981. The Bertz CT molecular complexity index is 1290. The fourth-order valence-corrected chi connectivity index (χ4v) is 5.07. The molecule has 6 nitrogen and oxygen atoms in total. The van der Waals surface area contributed by atoms with Gasteiger partial charge in [0.05, 0.1) is 24.0 Å². The number of methoxy groups -OCH3 is 1. The molecule has 8 heteroatoms. The quantitative estimate of drug-likeness (QED) is 0.250. The number of aromatic nitrogens is 1. The van der Waals surface area contributed by atoms with Crippen LogP contribution in [0.4, 0.5) is 5.13 Å². The summed E-state index contributed by atoms with van der Waals surface area (Å²) >= 11 is 1.51. The molecule has 186 valence electrons. The largest absolute Gasteiger partial charge is 0.496 e. The summed E-state index contributed by atoms with van der Waals surface area (Å²) in [6.45, 7) is 9.91. The molecule has 0 unspecified atom stereocenters. The Morgan fingerprint density at radius 3 is 2.31 bits per heavy atom. The highest BCUT2D eigenvalue weighted by Gasteiger charge is 2.25. The lowest BCUT2D eigenvalue weighted by atomic mass is 10.0. The van der Waals surface area contributed by atoms with E-state index >= 15 is 0 Å². The van der Waals surface area contributed by atoms with Crippen LogP contribution in [0.15, 0.2) is 54.6 Å². The van der Waals surface area contributed by atoms with Crippen LogP contribution in [0, 0.1) is 0 Å². The maximum absolute atomic E-state index is 14.0. The number of anilines is 1.